The van der Waals surface area contributed by atoms with Gasteiger partial charge in [0.2, 0.25) is 0 Å². The minimum Gasteiger partial charge on any atom is -0.396 e. The molecule has 2 aliphatic rings. The highest BCUT2D eigenvalue weighted by atomic mass is 32.1. The Bertz CT molecular complexity index is 152. The van der Waals surface area contributed by atoms with Crippen molar-refractivity contribution in [2.45, 2.75) is 18.9 Å². The summed E-state index contributed by atoms with van der Waals surface area (Å²) in [4.78, 5) is 2.59. The molecule has 0 spiro atoms. The van der Waals surface area contributed by atoms with Gasteiger partial charge in [-0.1, -0.05) is 12.2 Å². The standard InChI is InChI=1S/C9H18N2O.CH3NS/c1-3-10-4-2-9(1)11-5-7-12-8-6-11;2-1-3/h9-10H,1-8H2;1H,(H2,2,3). The molecule has 0 aromatic rings. The molecule has 5 heteroatoms. The van der Waals surface area contributed by atoms with Crippen LogP contribution in [0.3, 0.4) is 0 Å². The van der Waals surface area contributed by atoms with Gasteiger partial charge in [0.25, 0.3) is 0 Å². The van der Waals surface area contributed by atoms with Gasteiger partial charge >= 0.3 is 0 Å². The minimum absolute atomic E-state index is 0.829. The largest absolute Gasteiger partial charge is 0.396 e. The summed E-state index contributed by atoms with van der Waals surface area (Å²) in [5.41, 5.74) is 5.62. The predicted molar refractivity (Wildman–Crippen MR) is 66.1 cm³/mol. The van der Waals surface area contributed by atoms with Gasteiger partial charge in [-0.25, -0.2) is 0 Å². The minimum atomic E-state index is 0.829. The highest BCUT2D eigenvalue weighted by molar-refractivity contribution is 7.78. The Hall–Kier alpha value is -0.230. The van der Waals surface area contributed by atoms with Gasteiger partial charge in [-0.05, 0) is 25.9 Å². The summed E-state index contributed by atoms with van der Waals surface area (Å²) in [6, 6.07) is 0.829. The molecule has 0 saturated carbocycles. The van der Waals surface area contributed by atoms with E-state index in [0.717, 1.165) is 37.8 Å². The first-order chi connectivity index (χ1) is 7.38. The van der Waals surface area contributed by atoms with Gasteiger partial charge in [0.15, 0.2) is 0 Å². The first kappa shape index (κ1) is 12.8. The third-order valence-electron chi connectivity index (χ3n) is 2.87. The number of thiocarbonyl (C=S) groups is 1. The van der Waals surface area contributed by atoms with Crippen LogP contribution in [-0.2, 0) is 4.74 Å². The second kappa shape index (κ2) is 7.98. The Labute approximate surface area is 97.1 Å². The van der Waals surface area contributed by atoms with Crippen molar-refractivity contribution in [3.8, 4) is 0 Å². The summed E-state index contributed by atoms with van der Waals surface area (Å²) >= 11 is 4.05. The molecule has 2 heterocycles. The quantitative estimate of drug-likeness (QED) is 0.621. The summed E-state index contributed by atoms with van der Waals surface area (Å²) in [5.74, 6) is 0. The molecule has 0 bridgehead atoms. The van der Waals surface area contributed by atoms with Crippen LogP contribution in [0.5, 0.6) is 0 Å². The number of morpholine rings is 1. The molecule has 0 aromatic carbocycles. The molecule has 0 atom stereocenters. The van der Waals surface area contributed by atoms with Crippen molar-refractivity contribution in [1.82, 2.24) is 10.2 Å². The van der Waals surface area contributed by atoms with Gasteiger partial charge < -0.3 is 15.8 Å². The molecular formula is C10H21N3OS. The van der Waals surface area contributed by atoms with Crippen molar-refractivity contribution < 1.29 is 4.74 Å². The van der Waals surface area contributed by atoms with E-state index in [2.05, 4.69) is 28.2 Å². The topological polar surface area (TPSA) is 50.5 Å². The zero-order valence-corrected chi connectivity index (χ0v) is 9.97. The zero-order valence-electron chi connectivity index (χ0n) is 9.15. The van der Waals surface area contributed by atoms with Gasteiger partial charge in [-0.15, -0.1) is 0 Å². The van der Waals surface area contributed by atoms with Crippen LogP contribution >= 0.6 is 12.2 Å². The van der Waals surface area contributed by atoms with Gasteiger partial charge in [0.1, 0.15) is 0 Å². The lowest BCUT2D eigenvalue weighted by molar-refractivity contribution is 0.0101. The molecule has 15 heavy (non-hydrogen) atoms. The number of nitrogens with two attached hydrogens (primary N) is 1. The van der Waals surface area contributed by atoms with E-state index in [1.54, 1.807) is 0 Å². The van der Waals surface area contributed by atoms with Crippen molar-refractivity contribution in [2.24, 2.45) is 5.73 Å². The van der Waals surface area contributed by atoms with Crippen LogP contribution in [0.4, 0.5) is 0 Å². The predicted octanol–water partition coefficient (Wildman–Crippen LogP) is -0.0271. The van der Waals surface area contributed by atoms with Gasteiger partial charge in [-0.3, -0.25) is 4.90 Å². The van der Waals surface area contributed by atoms with Crippen LogP contribution in [0.2, 0.25) is 0 Å². The van der Waals surface area contributed by atoms with E-state index in [1.807, 2.05) is 0 Å². The molecule has 2 saturated heterocycles. The van der Waals surface area contributed by atoms with E-state index in [-0.39, 0.29) is 0 Å². The van der Waals surface area contributed by atoms with Gasteiger partial charge in [0, 0.05) is 19.1 Å². The highest BCUT2D eigenvalue weighted by Gasteiger charge is 2.21. The number of piperidine rings is 1. The molecule has 88 valence electrons. The fourth-order valence-electron chi connectivity index (χ4n) is 2.11. The molecule has 0 aliphatic carbocycles. The number of nitrogens with zero attached hydrogens (tertiary/aromatic N) is 1. The fourth-order valence-corrected chi connectivity index (χ4v) is 2.11. The van der Waals surface area contributed by atoms with E-state index in [4.69, 9.17) is 4.74 Å². The molecule has 2 aliphatic heterocycles. The Kier molecular flexibility index (Phi) is 6.83. The Balaban J connectivity index is 0.000000337. The van der Waals surface area contributed by atoms with E-state index < -0.39 is 0 Å². The number of rotatable bonds is 1. The monoisotopic (exact) mass is 231 g/mol. The SMILES string of the molecule is C1CC(N2CCOCC2)CCN1.NC=S. The number of ether oxygens (including phenoxy) is 1. The van der Waals surface area contributed by atoms with Crippen LogP contribution in [0.25, 0.3) is 0 Å². The zero-order chi connectivity index (χ0) is 10.9. The lowest BCUT2D eigenvalue weighted by atomic mass is 10.0. The van der Waals surface area contributed by atoms with E-state index in [1.165, 1.54) is 25.9 Å². The molecule has 4 nitrogen and oxygen atoms in total. The van der Waals surface area contributed by atoms with Crippen LogP contribution in [0, 0.1) is 0 Å². The normalized spacial score (nSPS) is 24.0. The molecule has 0 radical (unpaired) electrons. The lowest BCUT2D eigenvalue weighted by Gasteiger charge is -2.36. The third kappa shape index (κ3) is 4.88. The molecule has 3 N–H and O–H groups in total. The van der Waals surface area contributed by atoms with Crippen LogP contribution < -0.4 is 11.1 Å². The van der Waals surface area contributed by atoms with Crippen LogP contribution in [0.1, 0.15) is 12.8 Å². The second-order valence-corrected chi connectivity index (χ2v) is 4.04. The molecule has 2 fully saturated rings. The van der Waals surface area contributed by atoms with Crippen molar-refractivity contribution in [1.29, 1.82) is 0 Å². The van der Waals surface area contributed by atoms with E-state index in [9.17, 15) is 0 Å². The van der Waals surface area contributed by atoms with Crippen molar-refractivity contribution in [2.75, 3.05) is 39.4 Å². The van der Waals surface area contributed by atoms with Crippen LogP contribution in [0.15, 0.2) is 0 Å². The van der Waals surface area contributed by atoms with Crippen molar-refractivity contribution in [3.05, 3.63) is 0 Å². The van der Waals surface area contributed by atoms with Crippen molar-refractivity contribution >= 4 is 17.7 Å². The smallest absolute Gasteiger partial charge is 0.0594 e. The summed E-state index contributed by atoms with van der Waals surface area (Å²) in [6.45, 7) is 6.55. The maximum absolute atomic E-state index is 5.33. The maximum Gasteiger partial charge on any atom is 0.0594 e. The summed E-state index contributed by atoms with van der Waals surface area (Å²) in [6.07, 6.45) is 2.64. The van der Waals surface area contributed by atoms with E-state index in [0.29, 0.717) is 0 Å². The Morgan fingerprint density at radius 3 is 2.33 bits per heavy atom. The Morgan fingerprint density at radius 1 is 1.27 bits per heavy atom. The molecule has 0 aromatic heterocycles. The molecule has 2 rings (SSSR count). The molecule has 0 amide bonds. The van der Waals surface area contributed by atoms with Crippen molar-refractivity contribution in [3.63, 3.8) is 0 Å². The maximum atomic E-state index is 5.33. The van der Waals surface area contributed by atoms with E-state index >= 15 is 0 Å². The summed E-state index contributed by atoms with van der Waals surface area (Å²) in [7, 11) is 0. The average Bonchev–Trinajstić information content (AvgIpc) is 2.32. The van der Waals surface area contributed by atoms with Crippen LogP contribution in [-0.4, -0.2) is 55.8 Å². The summed E-state index contributed by atoms with van der Waals surface area (Å²) < 4.78 is 5.33. The highest BCUT2D eigenvalue weighted by Crippen LogP contribution is 2.12. The lowest BCUT2D eigenvalue weighted by Crippen LogP contribution is -2.47. The molecule has 0 unspecified atom stereocenters. The molecular weight excluding hydrogens is 210 g/mol. The Morgan fingerprint density at radius 2 is 1.80 bits per heavy atom. The first-order valence-corrected chi connectivity index (χ1v) is 6.03. The number of hydrogen-bond acceptors (Lipinski definition) is 4. The number of nitrogens with one attached hydrogen (secondary N) is 1. The fraction of sp³-hybridized carbons (Fsp3) is 0.900. The summed E-state index contributed by atoms with van der Waals surface area (Å²) in [5, 5.41) is 3.40. The number of hydrogen-bond donors (Lipinski definition) is 2. The van der Waals surface area contributed by atoms with Gasteiger partial charge in [-0.2, -0.15) is 0 Å². The average molecular weight is 231 g/mol. The third-order valence-corrected chi connectivity index (χ3v) is 2.87. The van der Waals surface area contributed by atoms with Gasteiger partial charge in [0.05, 0.1) is 18.7 Å². The second-order valence-electron chi connectivity index (χ2n) is 3.77. The first-order valence-electron chi connectivity index (χ1n) is 5.56.